The van der Waals surface area contributed by atoms with E-state index in [2.05, 4.69) is 15.3 Å². The minimum absolute atomic E-state index is 0.0313. The lowest BCUT2D eigenvalue weighted by Gasteiger charge is -2.11. The number of anilines is 1. The lowest BCUT2D eigenvalue weighted by atomic mass is 10.3. The summed E-state index contributed by atoms with van der Waals surface area (Å²) in [7, 11) is 0. The molecule has 0 spiro atoms. The van der Waals surface area contributed by atoms with Crippen molar-refractivity contribution in [3.05, 3.63) is 41.9 Å². The predicted octanol–water partition coefficient (Wildman–Crippen LogP) is 2.19. The Kier molecular flexibility index (Phi) is 3.57. The number of thiocarbonyl (C=S) groups is 1. The van der Waals surface area contributed by atoms with Crippen LogP contribution in [0.2, 0.25) is 0 Å². The van der Waals surface area contributed by atoms with E-state index in [1.165, 1.54) is 0 Å². The highest BCUT2D eigenvalue weighted by molar-refractivity contribution is 7.80. The van der Waals surface area contributed by atoms with E-state index in [1.54, 1.807) is 18.5 Å². The number of aryl methyl sites for hydroxylation is 1. The Morgan fingerprint density at radius 1 is 1.39 bits per heavy atom. The molecule has 0 bridgehead atoms. The molecule has 2 aromatic rings. The van der Waals surface area contributed by atoms with Crippen molar-refractivity contribution in [2.24, 2.45) is 5.73 Å². The van der Waals surface area contributed by atoms with Crippen LogP contribution in [0.5, 0.6) is 0 Å². The standard InChI is InChI=1S/C12H14N4OS/c1-7-5-15-12(17-7)8(2)16-9-3-4-10(11(13)18)14-6-9/h3-6,8,16H,1-2H3,(H2,13,18). The molecular weight excluding hydrogens is 248 g/mol. The fraction of sp³-hybridized carbons (Fsp3) is 0.250. The van der Waals surface area contributed by atoms with Crippen molar-refractivity contribution < 1.29 is 4.42 Å². The van der Waals surface area contributed by atoms with Gasteiger partial charge in [-0.2, -0.15) is 0 Å². The number of nitrogens with two attached hydrogens (primary N) is 1. The van der Waals surface area contributed by atoms with Crippen LogP contribution in [-0.2, 0) is 0 Å². The summed E-state index contributed by atoms with van der Waals surface area (Å²) in [4.78, 5) is 8.61. The maximum Gasteiger partial charge on any atom is 0.216 e. The second kappa shape index (κ2) is 5.14. The summed E-state index contributed by atoms with van der Waals surface area (Å²) in [6.45, 7) is 3.83. The second-order valence-electron chi connectivity index (χ2n) is 3.97. The van der Waals surface area contributed by atoms with Gasteiger partial charge in [-0.05, 0) is 26.0 Å². The normalized spacial score (nSPS) is 12.1. The third kappa shape index (κ3) is 2.84. The quantitative estimate of drug-likeness (QED) is 0.822. The lowest BCUT2D eigenvalue weighted by Crippen LogP contribution is -2.12. The average molecular weight is 262 g/mol. The summed E-state index contributed by atoms with van der Waals surface area (Å²) in [5, 5.41) is 3.23. The number of pyridine rings is 1. The summed E-state index contributed by atoms with van der Waals surface area (Å²) >= 11 is 4.84. The molecule has 0 aliphatic heterocycles. The van der Waals surface area contributed by atoms with Crippen LogP contribution in [0.15, 0.2) is 28.9 Å². The number of oxazole rings is 1. The highest BCUT2D eigenvalue weighted by atomic mass is 32.1. The summed E-state index contributed by atoms with van der Waals surface area (Å²) in [5.74, 6) is 1.44. The third-order valence-corrected chi connectivity index (χ3v) is 2.62. The minimum atomic E-state index is -0.0313. The minimum Gasteiger partial charge on any atom is -0.444 e. The van der Waals surface area contributed by atoms with E-state index in [-0.39, 0.29) is 11.0 Å². The van der Waals surface area contributed by atoms with Gasteiger partial charge in [0, 0.05) is 0 Å². The molecule has 6 heteroatoms. The zero-order valence-electron chi connectivity index (χ0n) is 10.2. The van der Waals surface area contributed by atoms with Crippen molar-refractivity contribution in [2.45, 2.75) is 19.9 Å². The number of aromatic nitrogens is 2. The van der Waals surface area contributed by atoms with Crippen LogP contribution in [0.25, 0.3) is 0 Å². The first-order valence-electron chi connectivity index (χ1n) is 5.51. The molecule has 5 nitrogen and oxygen atoms in total. The number of hydrogen-bond donors (Lipinski definition) is 2. The van der Waals surface area contributed by atoms with Gasteiger partial charge in [0.25, 0.3) is 0 Å². The van der Waals surface area contributed by atoms with Crippen molar-refractivity contribution >= 4 is 22.9 Å². The Bertz CT molecular complexity index is 549. The summed E-state index contributed by atoms with van der Waals surface area (Å²) in [6, 6.07) is 3.61. The smallest absolute Gasteiger partial charge is 0.216 e. The molecule has 94 valence electrons. The summed E-state index contributed by atoms with van der Waals surface area (Å²) in [6.07, 6.45) is 3.38. The average Bonchev–Trinajstić information content (AvgIpc) is 2.76. The fourth-order valence-corrected chi connectivity index (χ4v) is 1.63. The van der Waals surface area contributed by atoms with Gasteiger partial charge < -0.3 is 15.5 Å². The molecule has 2 aromatic heterocycles. The Hall–Kier alpha value is -1.95. The van der Waals surface area contributed by atoms with Crippen molar-refractivity contribution in [1.29, 1.82) is 0 Å². The number of nitrogens with one attached hydrogen (secondary N) is 1. The number of rotatable bonds is 4. The number of hydrogen-bond acceptors (Lipinski definition) is 5. The van der Waals surface area contributed by atoms with Gasteiger partial charge in [-0.3, -0.25) is 4.98 Å². The fourth-order valence-electron chi connectivity index (χ4n) is 1.51. The van der Waals surface area contributed by atoms with Crippen LogP contribution in [0.4, 0.5) is 5.69 Å². The summed E-state index contributed by atoms with van der Waals surface area (Å²) in [5.41, 5.74) is 6.95. The van der Waals surface area contributed by atoms with Crippen molar-refractivity contribution in [1.82, 2.24) is 9.97 Å². The van der Waals surface area contributed by atoms with Crippen LogP contribution < -0.4 is 11.1 Å². The first-order valence-corrected chi connectivity index (χ1v) is 5.92. The highest BCUT2D eigenvalue weighted by Crippen LogP contribution is 2.18. The molecule has 0 aliphatic rings. The molecule has 0 saturated heterocycles. The molecule has 0 fully saturated rings. The molecule has 18 heavy (non-hydrogen) atoms. The molecule has 2 rings (SSSR count). The van der Waals surface area contributed by atoms with Crippen molar-refractivity contribution in [3.63, 3.8) is 0 Å². The van der Waals surface area contributed by atoms with Crippen LogP contribution >= 0.6 is 12.2 Å². The molecular formula is C12H14N4OS. The van der Waals surface area contributed by atoms with Crippen LogP contribution in [-0.4, -0.2) is 15.0 Å². The Balaban J connectivity index is 2.07. The van der Waals surface area contributed by atoms with E-state index in [0.717, 1.165) is 11.4 Å². The Morgan fingerprint density at radius 3 is 2.67 bits per heavy atom. The van der Waals surface area contributed by atoms with E-state index in [4.69, 9.17) is 22.4 Å². The van der Waals surface area contributed by atoms with E-state index in [0.29, 0.717) is 11.6 Å². The summed E-state index contributed by atoms with van der Waals surface area (Å²) < 4.78 is 5.44. The topological polar surface area (TPSA) is 77.0 Å². The van der Waals surface area contributed by atoms with Crippen LogP contribution in [0.1, 0.15) is 30.3 Å². The first kappa shape index (κ1) is 12.5. The second-order valence-corrected chi connectivity index (χ2v) is 4.41. The van der Waals surface area contributed by atoms with Crippen LogP contribution in [0, 0.1) is 6.92 Å². The maximum absolute atomic E-state index is 5.48. The molecule has 0 amide bonds. The predicted molar refractivity (Wildman–Crippen MR) is 73.4 cm³/mol. The van der Waals surface area contributed by atoms with Gasteiger partial charge in [-0.15, -0.1) is 0 Å². The van der Waals surface area contributed by atoms with Crippen molar-refractivity contribution in [3.8, 4) is 0 Å². The molecule has 0 radical (unpaired) electrons. The molecule has 2 heterocycles. The lowest BCUT2D eigenvalue weighted by molar-refractivity contribution is 0.453. The van der Waals surface area contributed by atoms with Gasteiger partial charge >= 0.3 is 0 Å². The van der Waals surface area contributed by atoms with Gasteiger partial charge in [0.15, 0.2) is 0 Å². The van der Waals surface area contributed by atoms with E-state index < -0.39 is 0 Å². The maximum atomic E-state index is 5.48. The molecule has 3 N–H and O–H groups in total. The molecule has 1 unspecified atom stereocenters. The van der Waals surface area contributed by atoms with E-state index >= 15 is 0 Å². The van der Waals surface area contributed by atoms with Crippen molar-refractivity contribution in [2.75, 3.05) is 5.32 Å². The Labute approximate surface area is 110 Å². The zero-order valence-corrected chi connectivity index (χ0v) is 11.0. The molecule has 0 aliphatic carbocycles. The van der Waals surface area contributed by atoms with E-state index in [9.17, 15) is 0 Å². The monoisotopic (exact) mass is 262 g/mol. The Morgan fingerprint density at radius 2 is 2.17 bits per heavy atom. The van der Waals surface area contributed by atoms with Gasteiger partial charge in [0.2, 0.25) is 5.89 Å². The highest BCUT2D eigenvalue weighted by Gasteiger charge is 2.11. The van der Waals surface area contributed by atoms with Gasteiger partial charge in [-0.1, -0.05) is 12.2 Å². The third-order valence-electron chi connectivity index (χ3n) is 2.41. The van der Waals surface area contributed by atoms with Crippen LogP contribution in [0.3, 0.4) is 0 Å². The number of nitrogens with zero attached hydrogens (tertiary/aromatic N) is 2. The molecule has 0 aromatic carbocycles. The van der Waals surface area contributed by atoms with E-state index in [1.807, 2.05) is 19.9 Å². The zero-order chi connectivity index (χ0) is 13.1. The largest absolute Gasteiger partial charge is 0.444 e. The van der Waals surface area contributed by atoms with Gasteiger partial charge in [0.05, 0.1) is 23.8 Å². The SMILES string of the molecule is Cc1cnc(C(C)Nc2ccc(C(N)=S)nc2)o1. The molecule has 0 saturated carbocycles. The van der Waals surface area contributed by atoms with Gasteiger partial charge in [0.1, 0.15) is 16.8 Å². The molecule has 1 atom stereocenters. The van der Waals surface area contributed by atoms with Gasteiger partial charge in [-0.25, -0.2) is 4.98 Å². The first-order chi connectivity index (χ1) is 8.56.